The molecule has 6 nitrogen and oxygen atoms in total. The van der Waals surface area contributed by atoms with E-state index < -0.39 is 25.2 Å². The highest BCUT2D eigenvalue weighted by atomic mass is 32.3. The molecule has 0 amide bonds. The van der Waals surface area contributed by atoms with Crippen LogP contribution in [0.4, 0.5) is 0 Å². The first-order chi connectivity index (χ1) is 7.00. The summed E-state index contributed by atoms with van der Waals surface area (Å²) in [6, 6.07) is 7.04. The van der Waals surface area contributed by atoms with Gasteiger partial charge in [-0.15, -0.1) is 0 Å². The quantitative estimate of drug-likeness (QED) is 0.593. The number of hydrogen-bond acceptors (Lipinski definition) is 6. The first-order valence-electron chi connectivity index (χ1n) is 3.79. The Bertz CT molecular complexity index is 513. The minimum absolute atomic E-state index is 0.162. The molecule has 0 saturated heterocycles. The molecule has 0 aromatic heterocycles. The standard InChI is InChI=1S/C7H8N2O4S2/c8-9-7(14(10)11)15(12,13)6-4-2-1-3-5-6/h1-5,7-8,14H. The van der Waals surface area contributed by atoms with Crippen LogP contribution in [0.3, 0.4) is 0 Å². The number of sulfone groups is 1. The van der Waals surface area contributed by atoms with E-state index in [0.717, 1.165) is 0 Å². The highest BCUT2D eigenvalue weighted by Gasteiger charge is 2.29. The molecular formula is C7H8N2O4S2. The van der Waals surface area contributed by atoms with E-state index in [-0.39, 0.29) is 4.90 Å². The van der Waals surface area contributed by atoms with Crippen molar-refractivity contribution in [2.75, 3.05) is 0 Å². The Kier molecular flexibility index (Phi) is 3.53. The van der Waals surface area contributed by atoms with Gasteiger partial charge in [0.15, 0.2) is 10.7 Å². The Labute approximate surface area is 88.3 Å². The van der Waals surface area contributed by atoms with E-state index in [1.54, 1.807) is 6.07 Å². The Balaban J connectivity index is 3.30. The third-order valence-electron chi connectivity index (χ3n) is 1.64. The van der Waals surface area contributed by atoms with Crippen LogP contribution in [0.15, 0.2) is 40.3 Å². The fourth-order valence-electron chi connectivity index (χ4n) is 0.962. The lowest BCUT2D eigenvalue weighted by Crippen LogP contribution is -2.20. The molecule has 1 N–H and O–H groups in total. The molecule has 0 bridgehead atoms. The van der Waals surface area contributed by atoms with Crippen LogP contribution in [0.25, 0.3) is 0 Å². The predicted octanol–water partition coefficient (Wildman–Crippen LogP) is 0.386. The van der Waals surface area contributed by atoms with Gasteiger partial charge >= 0.3 is 0 Å². The molecule has 0 saturated carbocycles. The summed E-state index contributed by atoms with van der Waals surface area (Å²) in [5, 5.41) is 2.60. The lowest BCUT2D eigenvalue weighted by atomic mass is 10.4. The van der Waals surface area contributed by atoms with Crippen molar-refractivity contribution >= 4 is 20.5 Å². The van der Waals surface area contributed by atoms with E-state index in [1.807, 2.05) is 0 Å². The molecule has 0 radical (unpaired) electrons. The lowest BCUT2D eigenvalue weighted by molar-refractivity contribution is 0.581. The summed E-state index contributed by atoms with van der Waals surface area (Å²) in [6.07, 6.45) is 0. The van der Waals surface area contributed by atoms with Gasteiger partial charge in [0.25, 0.3) is 4.71 Å². The van der Waals surface area contributed by atoms with Gasteiger partial charge in [-0.1, -0.05) is 18.2 Å². The van der Waals surface area contributed by atoms with Gasteiger partial charge in [0.1, 0.15) is 0 Å². The molecular weight excluding hydrogens is 240 g/mol. The molecule has 1 aromatic carbocycles. The highest BCUT2D eigenvalue weighted by molar-refractivity contribution is 8.02. The van der Waals surface area contributed by atoms with Crippen LogP contribution >= 0.6 is 0 Å². The summed E-state index contributed by atoms with van der Waals surface area (Å²) >= 11 is 0. The second-order valence-corrected chi connectivity index (χ2v) is 6.02. The van der Waals surface area contributed by atoms with Gasteiger partial charge in [-0.05, 0) is 12.1 Å². The maximum absolute atomic E-state index is 11.6. The van der Waals surface area contributed by atoms with E-state index in [4.69, 9.17) is 5.53 Å². The number of hydrogen-bond donors (Lipinski definition) is 2. The van der Waals surface area contributed by atoms with Crippen LogP contribution in [-0.2, 0) is 20.5 Å². The largest absolute Gasteiger partial charge is 0.272 e. The average molecular weight is 248 g/mol. The molecule has 1 atom stereocenters. The van der Waals surface area contributed by atoms with Gasteiger partial charge in [-0.25, -0.2) is 22.4 Å². The minimum Gasteiger partial charge on any atom is -0.228 e. The molecule has 1 unspecified atom stereocenters. The molecule has 0 fully saturated rings. The number of thiol groups is 1. The lowest BCUT2D eigenvalue weighted by Gasteiger charge is -2.05. The first kappa shape index (κ1) is 11.8. The number of rotatable bonds is 4. The SMILES string of the molecule is N=NC([SH](=O)=O)S(=O)(=O)c1ccccc1. The molecule has 1 aromatic rings. The van der Waals surface area contributed by atoms with Crippen LogP contribution in [-0.4, -0.2) is 21.5 Å². The highest BCUT2D eigenvalue weighted by Crippen LogP contribution is 2.16. The van der Waals surface area contributed by atoms with Crippen molar-refractivity contribution in [3.8, 4) is 0 Å². The smallest absolute Gasteiger partial charge is 0.228 e. The van der Waals surface area contributed by atoms with E-state index in [1.165, 1.54) is 24.3 Å². The molecule has 0 heterocycles. The third kappa shape index (κ3) is 2.39. The number of nitrogens with zero attached hydrogens (tertiary/aromatic N) is 1. The molecule has 0 aliphatic carbocycles. The summed E-state index contributed by atoms with van der Waals surface area (Å²) in [5.41, 5.74) is 6.56. The van der Waals surface area contributed by atoms with Crippen LogP contribution < -0.4 is 0 Å². The second kappa shape index (κ2) is 4.49. The van der Waals surface area contributed by atoms with Gasteiger partial charge in [0.05, 0.1) is 4.90 Å². The van der Waals surface area contributed by atoms with E-state index in [0.29, 0.717) is 0 Å². The average Bonchev–Trinajstić information content (AvgIpc) is 2.19. The predicted molar refractivity (Wildman–Crippen MR) is 52.9 cm³/mol. The maximum Gasteiger partial charge on any atom is 0.272 e. The van der Waals surface area contributed by atoms with Crippen LogP contribution in [0.1, 0.15) is 0 Å². The fourth-order valence-corrected chi connectivity index (χ4v) is 3.25. The zero-order valence-electron chi connectivity index (χ0n) is 7.40. The summed E-state index contributed by atoms with van der Waals surface area (Å²) in [7, 11) is -7.42. The number of nitrogens with one attached hydrogen (secondary N) is 1. The summed E-state index contributed by atoms with van der Waals surface area (Å²) in [6.45, 7) is 0. The summed E-state index contributed by atoms with van der Waals surface area (Å²) in [4.78, 5) is -0.162. The first-order valence-corrected chi connectivity index (χ1v) is 6.58. The van der Waals surface area contributed by atoms with E-state index in [9.17, 15) is 16.8 Å². The van der Waals surface area contributed by atoms with Crippen molar-refractivity contribution in [3.63, 3.8) is 0 Å². The summed E-state index contributed by atoms with van der Waals surface area (Å²) in [5.74, 6) is 0. The van der Waals surface area contributed by atoms with Crippen LogP contribution in [0, 0.1) is 5.53 Å². The topological polar surface area (TPSA) is 104 Å². The Morgan fingerprint density at radius 2 is 1.73 bits per heavy atom. The maximum atomic E-state index is 11.6. The van der Waals surface area contributed by atoms with Crippen molar-refractivity contribution in [3.05, 3.63) is 30.3 Å². The van der Waals surface area contributed by atoms with Crippen molar-refractivity contribution < 1.29 is 16.8 Å². The molecule has 8 heteroatoms. The van der Waals surface area contributed by atoms with E-state index >= 15 is 0 Å². The zero-order valence-corrected chi connectivity index (χ0v) is 9.11. The van der Waals surface area contributed by atoms with E-state index in [2.05, 4.69) is 5.11 Å². The van der Waals surface area contributed by atoms with Gasteiger partial charge < -0.3 is 0 Å². The van der Waals surface area contributed by atoms with Gasteiger partial charge in [-0.3, -0.25) is 0 Å². The fraction of sp³-hybridized carbons (Fsp3) is 0.143. The van der Waals surface area contributed by atoms with Gasteiger partial charge in [0.2, 0.25) is 9.84 Å². The van der Waals surface area contributed by atoms with Crippen molar-refractivity contribution in [2.24, 2.45) is 5.11 Å². The zero-order chi connectivity index (χ0) is 11.5. The Morgan fingerprint density at radius 1 is 1.20 bits per heavy atom. The minimum atomic E-state index is -4.10. The molecule has 0 aliphatic heterocycles. The Morgan fingerprint density at radius 3 is 2.13 bits per heavy atom. The monoisotopic (exact) mass is 248 g/mol. The second-order valence-electron chi connectivity index (χ2n) is 2.60. The van der Waals surface area contributed by atoms with Crippen molar-refractivity contribution in [1.82, 2.24) is 0 Å². The van der Waals surface area contributed by atoms with Crippen molar-refractivity contribution in [1.29, 1.82) is 5.53 Å². The van der Waals surface area contributed by atoms with Crippen molar-refractivity contribution in [2.45, 2.75) is 9.60 Å². The van der Waals surface area contributed by atoms with Gasteiger partial charge in [0, 0.05) is 0 Å². The van der Waals surface area contributed by atoms with Crippen LogP contribution in [0.2, 0.25) is 0 Å². The van der Waals surface area contributed by atoms with Crippen LogP contribution in [0.5, 0.6) is 0 Å². The third-order valence-corrected chi connectivity index (χ3v) is 5.05. The molecule has 82 valence electrons. The Hall–Kier alpha value is -1.28. The molecule has 0 spiro atoms. The molecule has 15 heavy (non-hydrogen) atoms. The molecule has 1 rings (SSSR count). The normalized spacial score (nSPS) is 13.7. The summed E-state index contributed by atoms with van der Waals surface area (Å²) < 4.78 is 42.4. The molecule has 0 aliphatic rings. The van der Waals surface area contributed by atoms with Gasteiger partial charge in [-0.2, -0.15) is 5.11 Å². The number of benzene rings is 1.